The monoisotopic (exact) mass is 351 g/mol. The van der Waals surface area contributed by atoms with Gasteiger partial charge in [0.25, 0.3) is 5.91 Å². The van der Waals surface area contributed by atoms with Gasteiger partial charge in [0.2, 0.25) is 0 Å². The van der Waals surface area contributed by atoms with Crippen LogP contribution in [0.4, 0.5) is 0 Å². The van der Waals surface area contributed by atoms with E-state index in [1.165, 1.54) is 16.7 Å². The summed E-state index contributed by atoms with van der Waals surface area (Å²) >= 11 is 6.41. The lowest BCUT2D eigenvalue weighted by molar-refractivity contribution is -0.149. The van der Waals surface area contributed by atoms with Crippen molar-refractivity contribution in [1.82, 2.24) is 4.90 Å². The SMILES string of the molecule is CCOC(=O)C(C)N1C(=O)/C(=C/c2ccccc2OC)SC1=S. The largest absolute Gasteiger partial charge is 0.496 e. The topological polar surface area (TPSA) is 55.8 Å². The fraction of sp³-hybridized carbons (Fsp3) is 0.312. The Hall–Kier alpha value is -1.86. The molecule has 1 aliphatic heterocycles. The Morgan fingerprint density at radius 1 is 1.43 bits per heavy atom. The van der Waals surface area contributed by atoms with Crippen LogP contribution in [0.3, 0.4) is 0 Å². The lowest BCUT2D eigenvalue weighted by Gasteiger charge is -2.21. The normalized spacial score (nSPS) is 17.5. The van der Waals surface area contributed by atoms with Crippen LogP contribution in [0.5, 0.6) is 5.75 Å². The standard InChI is InChI=1S/C16H17NO4S2/c1-4-21-15(19)10(2)17-14(18)13(23-16(17)22)9-11-7-5-6-8-12(11)20-3/h5-10H,4H2,1-3H3/b13-9-. The van der Waals surface area contributed by atoms with Crippen LogP contribution < -0.4 is 4.74 Å². The zero-order chi connectivity index (χ0) is 17.0. The van der Waals surface area contributed by atoms with Gasteiger partial charge in [-0.05, 0) is 26.0 Å². The quantitative estimate of drug-likeness (QED) is 0.462. The maximum absolute atomic E-state index is 12.6. The summed E-state index contributed by atoms with van der Waals surface area (Å²) in [5, 5.41) is 0. The van der Waals surface area contributed by atoms with E-state index in [0.717, 1.165) is 5.56 Å². The Kier molecular flexibility index (Phi) is 5.79. The fourth-order valence-electron chi connectivity index (χ4n) is 2.11. The molecule has 1 unspecified atom stereocenters. The average molecular weight is 351 g/mol. The summed E-state index contributed by atoms with van der Waals surface area (Å²) in [6, 6.07) is 6.63. The molecule has 0 spiro atoms. The van der Waals surface area contributed by atoms with Gasteiger partial charge < -0.3 is 9.47 Å². The van der Waals surface area contributed by atoms with E-state index >= 15 is 0 Å². The molecular formula is C16H17NO4S2. The molecule has 1 aromatic rings. The molecule has 1 fully saturated rings. The summed E-state index contributed by atoms with van der Waals surface area (Å²) in [7, 11) is 1.57. The van der Waals surface area contributed by atoms with Crippen molar-refractivity contribution in [2.45, 2.75) is 19.9 Å². The highest BCUT2D eigenvalue weighted by atomic mass is 32.2. The van der Waals surface area contributed by atoms with E-state index < -0.39 is 12.0 Å². The number of hydrogen-bond donors (Lipinski definition) is 0. The number of esters is 1. The Labute approximate surface area is 144 Å². The number of nitrogens with zero attached hydrogens (tertiary/aromatic N) is 1. The average Bonchev–Trinajstić information content (AvgIpc) is 2.81. The number of para-hydroxylation sites is 1. The van der Waals surface area contributed by atoms with Crippen LogP contribution in [0.1, 0.15) is 19.4 Å². The summed E-state index contributed by atoms with van der Waals surface area (Å²) in [6.07, 6.45) is 1.72. The highest BCUT2D eigenvalue weighted by Crippen LogP contribution is 2.35. The molecule has 0 radical (unpaired) electrons. The smallest absolute Gasteiger partial charge is 0.329 e. The number of carbonyl (C=O) groups excluding carboxylic acids is 2. The lowest BCUT2D eigenvalue weighted by atomic mass is 10.2. The van der Waals surface area contributed by atoms with Crippen molar-refractivity contribution >= 4 is 46.3 Å². The number of ether oxygens (including phenoxy) is 2. The van der Waals surface area contributed by atoms with Crippen molar-refractivity contribution in [1.29, 1.82) is 0 Å². The van der Waals surface area contributed by atoms with Gasteiger partial charge in [-0.1, -0.05) is 42.2 Å². The number of hydrogen-bond acceptors (Lipinski definition) is 6. The molecule has 2 rings (SSSR count). The Morgan fingerprint density at radius 2 is 2.13 bits per heavy atom. The molecule has 1 aromatic carbocycles. The van der Waals surface area contributed by atoms with E-state index in [-0.39, 0.29) is 12.5 Å². The minimum absolute atomic E-state index is 0.259. The maximum atomic E-state index is 12.6. The second-order valence-electron chi connectivity index (χ2n) is 4.72. The molecule has 0 aliphatic carbocycles. The van der Waals surface area contributed by atoms with E-state index in [4.69, 9.17) is 21.7 Å². The predicted octanol–water partition coefficient (Wildman–Crippen LogP) is 2.85. The highest BCUT2D eigenvalue weighted by Gasteiger charge is 2.38. The van der Waals surface area contributed by atoms with E-state index in [2.05, 4.69) is 0 Å². The number of thioether (sulfide) groups is 1. The summed E-state index contributed by atoms with van der Waals surface area (Å²) in [5.41, 5.74) is 0.777. The van der Waals surface area contributed by atoms with Crippen LogP contribution in [-0.2, 0) is 14.3 Å². The lowest BCUT2D eigenvalue weighted by Crippen LogP contribution is -2.42. The van der Waals surface area contributed by atoms with Gasteiger partial charge in [0, 0.05) is 5.56 Å². The number of rotatable bonds is 5. The van der Waals surface area contributed by atoms with E-state index in [0.29, 0.717) is 15.0 Å². The first kappa shape index (κ1) is 17.5. The molecule has 0 aromatic heterocycles. The molecular weight excluding hydrogens is 334 g/mol. The highest BCUT2D eigenvalue weighted by molar-refractivity contribution is 8.26. The van der Waals surface area contributed by atoms with Crippen LogP contribution in [0.2, 0.25) is 0 Å². The Morgan fingerprint density at radius 3 is 2.78 bits per heavy atom. The first-order chi connectivity index (χ1) is 11.0. The Balaban J connectivity index is 2.27. The number of amides is 1. The molecule has 122 valence electrons. The molecule has 1 atom stereocenters. The first-order valence-corrected chi connectivity index (χ1v) is 8.28. The van der Waals surface area contributed by atoms with Gasteiger partial charge in [-0.2, -0.15) is 0 Å². The minimum atomic E-state index is -0.744. The van der Waals surface area contributed by atoms with Gasteiger partial charge in [-0.3, -0.25) is 9.69 Å². The molecule has 7 heteroatoms. The number of benzene rings is 1. The summed E-state index contributed by atoms with van der Waals surface area (Å²) in [6.45, 7) is 3.58. The van der Waals surface area contributed by atoms with Gasteiger partial charge in [-0.25, -0.2) is 4.79 Å². The summed E-state index contributed by atoms with van der Waals surface area (Å²) < 4.78 is 10.6. The minimum Gasteiger partial charge on any atom is -0.496 e. The fourth-order valence-corrected chi connectivity index (χ4v) is 3.52. The van der Waals surface area contributed by atoms with Crippen molar-refractivity contribution in [3.8, 4) is 5.75 Å². The predicted molar refractivity (Wildman–Crippen MR) is 94.1 cm³/mol. The van der Waals surface area contributed by atoms with Crippen LogP contribution in [0.25, 0.3) is 6.08 Å². The van der Waals surface area contributed by atoms with E-state index in [1.807, 2.05) is 24.3 Å². The van der Waals surface area contributed by atoms with Crippen molar-refractivity contribution in [2.75, 3.05) is 13.7 Å². The molecule has 23 heavy (non-hydrogen) atoms. The van der Waals surface area contributed by atoms with Crippen molar-refractivity contribution in [3.05, 3.63) is 34.7 Å². The number of thiocarbonyl (C=S) groups is 1. The third kappa shape index (κ3) is 3.73. The molecule has 5 nitrogen and oxygen atoms in total. The molecule has 0 saturated carbocycles. The van der Waals surface area contributed by atoms with Crippen molar-refractivity contribution in [3.63, 3.8) is 0 Å². The van der Waals surface area contributed by atoms with Gasteiger partial charge in [0.05, 0.1) is 18.6 Å². The van der Waals surface area contributed by atoms with Gasteiger partial charge in [0.15, 0.2) is 0 Å². The molecule has 1 aliphatic rings. The second-order valence-corrected chi connectivity index (χ2v) is 6.40. The Bertz CT molecular complexity index is 672. The van der Waals surface area contributed by atoms with E-state index in [1.54, 1.807) is 27.0 Å². The van der Waals surface area contributed by atoms with Crippen molar-refractivity contribution < 1.29 is 19.1 Å². The van der Waals surface area contributed by atoms with Crippen LogP contribution in [-0.4, -0.2) is 40.9 Å². The molecule has 1 saturated heterocycles. The first-order valence-electron chi connectivity index (χ1n) is 7.06. The molecule has 1 heterocycles. The van der Waals surface area contributed by atoms with E-state index in [9.17, 15) is 9.59 Å². The van der Waals surface area contributed by atoms with Crippen LogP contribution in [0.15, 0.2) is 29.2 Å². The molecule has 0 N–H and O–H groups in total. The zero-order valence-corrected chi connectivity index (χ0v) is 14.7. The van der Waals surface area contributed by atoms with Crippen LogP contribution in [0, 0.1) is 0 Å². The summed E-state index contributed by atoms with van der Waals surface area (Å²) in [5.74, 6) is -0.106. The second kappa shape index (κ2) is 7.61. The molecule has 1 amide bonds. The summed E-state index contributed by atoms with van der Waals surface area (Å²) in [4.78, 5) is 26.2. The third-order valence-corrected chi connectivity index (χ3v) is 4.59. The van der Waals surface area contributed by atoms with Crippen molar-refractivity contribution in [2.24, 2.45) is 0 Å². The van der Waals surface area contributed by atoms with Crippen LogP contribution >= 0.6 is 24.0 Å². The van der Waals surface area contributed by atoms with Gasteiger partial charge in [-0.15, -0.1) is 0 Å². The third-order valence-electron chi connectivity index (χ3n) is 3.26. The van der Waals surface area contributed by atoms with Gasteiger partial charge in [0.1, 0.15) is 16.1 Å². The molecule has 0 bridgehead atoms. The van der Waals surface area contributed by atoms with Gasteiger partial charge >= 0.3 is 5.97 Å². The maximum Gasteiger partial charge on any atom is 0.329 e. The zero-order valence-electron chi connectivity index (χ0n) is 13.1. The number of methoxy groups -OCH3 is 1. The number of carbonyl (C=O) groups is 2.